The highest BCUT2D eigenvalue weighted by molar-refractivity contribution is 6.31. The van der Waals surface area contributed by atoms with Gasteiger partial charge in [0.25, 0.3) is 5.56 Å². The number of aromatic nitrogens is 1. The van der Waals surface area contributed by atoms with Gasteiger partial charge in [-0.15, -0.1) is 0 Å². The van der Waals surface area contributed by atoms with E-state index in [9.17, 15) is 9.59 Å². The maximum Gasteiger partial charge on any atom is 0.258 e. The maximum absolute atomic E-state index is 12.5. The lowest BCUT2D eigenvalue weighted by Crippen LogP contribution is -2.65. The summed E-state index contributed by atoms with van der Waals surface area (Å²) in [6, 6.07) is 13.5. The lowest BCUT2D eigenvalue weighted by atomic mass is 9.79. The van der Waals surface area contributed by atoms with Gasteiger partial charge in [0.05, 0.1) is 18.6 Å². The molecule has 0 bridgehead atoms. The Morgan fingerprint density at radius 2 is 2.00 bits per heavy atom. The molecule has 29 heavy (non-hydrogen) atoms. The van der Waals surface area contributed by atoms with Crippen molar-refractivity contribution >= 4 is 34.0 Å². The number of hydrogen-bond donors (Lipinski definition) is 1. The molecular formula is C23H22ClN3O2. The van der Waals surface area contributed by atoms with Crippen molar-refractivity contribution < 1.29 is 4.79 Å². The molecule has 148 valence electrons. The standard InChI is InChI=1S/C23H22ClN3O2/c1-4-21(28)27-13-23(14-27,19-6-5-7-20(24)15(19)2)25-17-9-8-16-10-11-26(3)22(29)18(16)12-17/h4-12,25H,1,13-14H2,2-3H3. The number of halogens is 1. The summed E-state index contributed by atoms with van der Waals surface area (Å²) >= 11 is 6.38. The summed E-state index contributed by atoms with van der Waals surface area (Å²) in [4.78, 5) is 26.4. The molecule has 0 aliphatic carbocycles. The molecule has 2 aromatic carbocycles. The Bertz CT molecular complexity index is 1190. The molecule has 0 atom stereocenters. The topological polar surface area (TPSA) is 54.3 Å². The number of anilines is 1. The van der Waals surface area contributed by atoms with Gasteiger partial charge in [0.1, 0.15) is 0 Å². The predicted molar refractivity (Wildman–Crippen MR) is 117 cm³/mol. The number of rotatable bonds is 4. The van der Waals surface area contributed by atoms with Crippen LogP contribution in [-0.4, -0.2) is 28.5 Å². The van der Waals surface area contributed by atoms with Crippen molar-refractivity contribution in [3.05, 3.63) is 87.8 Å². The van der Waals surface area contributed by atoms with Gasteiger partial charge in [0.15, 0.2) is 0 Å². The minimum atomic E-state index is -0.485. The van der Waals surface area contributed by atoms with Crippen LogP contribution in [0.4, 0.5) is 5.69 Å². The average Bonchev–Trinajstić information content (AvgIpc) is 2.69. The molecule has 1 fully saturated rings. The minimum Gasteiger partial charge on any atom is -0.372 e. The Morgan fingerprint density at radius 3 is 2.72 bits per heavy atom. The van der Waals surface area contributed by atoms with E-state index in [1.165, 1.54) is 6.08 Å². The van der Waals surface area contributed by atoms with Gasteiger partial charge >= 0.3 is 0 Å². The van der Waals surface area contributed by atoms with Crippen LogP contribution in [0.1, 0.15) is 11.1 Å². The highest BCUT2D eigenvalue weighted by Crippen LogP contribution is 2.39. The van der Waals surface area contributed by atoms with Crippen molar-refractivity contribution in [3.8, 4) is 0 Å². The van der Waals surface area contributed by atoms with Crippen molar-refractivity contribution in [2.75, 3.05) is 18.4 Å². The minimum absolute atomic E-state index is 0.0452. The van der Waals surface area contributed by atoms with E-state index in [1.807, 2.05) is 49.4 Å². The quantitative estimate of drug-likeness (QED) is 0.668. The molecule has 0 saturated carbocycles. The van der Waals surface area contributed by atoms with E-state index in [0.29, 0.717) is 23.5 Å². The van der Waals surface area contributed by atoms with E-state index in [-0.39, 0.29) is 11.5 Å². The summed E-state index contributed by atoms with van der Waals surface area (Å²) in [7, 11) is 1.74. The third-order valence-electron chi connectivity index (χ3n) is 5.66. The first-order valence-electron chi connectivity index (χ1n) is 9.39. The summed E-state index contributed by atoms with van der Waals surface area (Å²) < 4.78 is 1.57. The van der Waals surface area contributed by atoms with Crippen LogP contribution in [0.25, 0.3) is 10.8 Å². The fourth-order valence-electron chi connectivity index (χ4n) is 4.02. The number of carbonyl (C=O) groups is 1. The van der Waals surface area contributed by atoms with Crippen LogP contribution in [0.3, 0.4) is 0 Å². The first kappa shape index (κ1) is 19.3. The smallest absolute Gasteiger partial charge is 0.258 e. The Hall–Kier alpha value is -3.05. The summed E-state index contributed by atoms with van der Waals surface area (Å²) in [5.41, 5.74) is 2.31. The molecular weight excluding hydrogens is 386 g/mol. The van der Waals surface area contributed by atoms with Crippen molar-refractivity contribution in [1.82, 2.24) is 9.47 Å². The lowest BCUT2D eigenvalue weighted by Gasteiger charge is -2.51. The zero-order chi connectivity index (χ0) is 20.8. The second-order valence-corrected chi connectivity index (χ2v) is 7.96. The number of nitrogens with one attached hydrogen (secondary N) is 1. The number of fused-ring (bicyclic) bond motifs is 1. The second kappa shape index (κ2) is 7.08. The fourth-order valence-corrected chi connectivity index (χ4v) is 4.20. The van der Waals surface area contributed by atoms with E-state index in [1.54, 1.807) is 22.7 Å². The van der Waals surface area contributed by atoms with Crippen LogP contribution in [0.2, 0.25) is 5.02 Å². The van der Waals surface area contributed by atoms with E-state index in [4.69, 9.17) is 11.6 Å². The third kappa shape index (κ3) is 3.21. The predicted octanol–water partition coefficient (Wildman–Crippen LogP) is 3.84. The Labute approximate surface area is 174 Å². The van der Waals surface area contributed by atoms with Crippen LogP contribution in [0.15, 0.2) is 66.1 Å². The number of carbonyl (C=O) groups excluding carboxylic acids is 1. The molecule has 5 nitrogen and oxygen atoms in total. The van der Waals surface area contributed by atoms with Gasteiger partial charge < -0.3 is 14.8 Å². The summed E-state index contributed by atoms with van der Waals surface area (Å²) in [6.45, 7) is 6.54. The van der Waals surface area contributed by atoms with Crippen molar-refractivity contribution in [3.63, 3.8) is 0 Å². The summed E-state index contributed by atoms with van der Waals surface area (Å²) in [6.07, 6.45) is 3.09. The number of benzene rings is 2. The zero-order valence-corrected chi connectivity index (χ0v) is 17.2. The van der Waals surface area contributed by atoms with Crippen molar-refractivity contribution in [2.45, 2.75) is 12.5 Å². The van der Waals surface area contributed by atoms with Crippen LogP contribution < -0.4 is 10.9 Å². The molecule has 3 aromatic rings. The van der Waals surface area contributed by atoms with Gasteiger partial charge in [-0.2, -0.15) is 0 Å². The van der Waals surface area contributed by atoms with Crippen LogP contribution in [0.5, 0.6) is 0 Å². The highest BCUT2D eigenvalue weighted by atomic mass is 35.5. The maximum atomic E-state index is 12.5. The van der Waals surface area contributed by atoms with Gasteiger partial charge in [-0.3, -0.25) is 9.59 Å². The van der Waals surface area contributed by atoms with Crippen LogP contribution >= 0.6 is 11.6 Å². The number of aryl methyl sites for hydroxylation is 1. The largest absolute Gasteiger partial charge is 0.372 e. The van der Waals surface area contributed by atoms with E-state index in [0.717, 1.165) is 22.2 Å². The van der Waals surface area contributed by atoms with E-state index in [2.05, 4.69) is 11.9 Å². The molecule has 1 saturated heterocycles. The number of amides is 1. The van der Waals surface area contributed by atoms with Gasteiger partial charge in [0, 0.05) is 29.3 Å². The number of likely N-dealkylation sites (tertiary alicyclic amines) is 1. The van der Waals surface area contributed by atoms with Gasteiger partial charge in [0.2, 0.25) is 5.91 Å². The summed E-state index contributed by atoms with van der Waals surface area (Å²) in [5, 5.41) is 5.82. The number of pyridine rings is 1. The van der Waals surface area contributed by atoms with Gasteiger partial charge in [-0.1, -0.05) is 36.4 Å². The molecule has 1 aromatic heterocycles. The number of hydrogen-bond acceptors (Lipinski definition) is 3. The molecule has 1 aliphatic heterocycles. The van der Waals surface area contributed by atoms with Crippen molar-refractivity contribution in [1.29, 1.82) is 0 Å². The Balaban J connectivity index is 1.77. The molecule has 1 amide bonds. The molecule has 1 aliphatic rings. The molecule has 0 spiro atoms. The molecule has 0 unspecified atom stereocenters. The SMILES string of the molecule is C=CC(=O)N1CC(Nc2ccc3ccn(C)c(=O)c3c2)(c2cccc(Cl)c2C)C1. The molecule has 4 rings (SSSR count). The van der Waals surface area contributed by atoms with Gasteiger partial charge in [-0.05, 0) is 53.8 Å². The van der Waals surface area contributed by atoms with Crippen molar-refractivity contribution in [2.24, 2.45) is 7.05 Å². The summed E-state index contributed by atoms with van der Waals surface area (Å²) in [5.74, 6) is -0.102. The highest BCUT2D eigenvalue weighted by Gasteiger charge is 2.47. The lowest BCUT2D eigenvalue weighted by molar-refractivity contribution is -0.132. The molecule has 0 radical (unpaired) electrons. The normalized spacial score (nSPS) is 15.1. The average molecular weight is 408 g/mol. The van der Waals surface area contributed by atoms with Gasteiger partial charge in [-0.25, -0.2) is 0 Å². The molecule has 2 heterocycles. The van der Waals surface area contributed by atoms with E-state index < -0.39 is 5.54 Å². The van der Waals surface area contributed by atoms with Crippen LogP contribution in [0, 0.1) is 6.92 Å². The molecule has 1 N–H and O–H groups in total. The monoisotopic (exact) mass is 407 g/mol. The first-order valence-corrected chi connectivity index (χ1v) is 9.77. The van der Waals surface area contributed by atoms with Crippen LogP contribution in [-0.2, 0) is 17.4 Å². The Morgan fingerprint density at radius 1 is 1.24 bits per heavy atom. The molecule has 6 heteroatoms. The number of nitrogens with zero attached hydrogens (tertiary/aromatic N) is 2. The Kier molecular flexibility index (Phi) is 4.71. The first-order chi connectivity index (χ1) is 13.8. The zero-order valence-electron chi connectivity index (χ0n) is 16.4. The second-order valence-electron chi connectivity index (χ2n) is 7.55. The fraction of sp³-hybridized carbons (Fsp3) is 0.217. The third-order valence-corrected chi connectivity index (χ3v) is 6.07. The van der Waals surface area contributed by atoms with E-state index >= 15 is 0 Å².